The number of aliphatic imine (C=N–C) groups is 1. The van der Waals surface area contributed by atoms with Gasteiger partial charge in [-0.2, -0.15) is 5.10 Å². The molecule has 2 unspecified atom stereocenters. The molecule has 0 saturated heterocycles. The average molecular weight is 400 g/mol. The standard InChI is InChI=1S/C19H15ClFN5O2/c1-9-16(18(27)24-12-3-5-15-11(6-12)8-22-26-15)17(25-19(28)23-9)10-2-4-14(21)13(20)7-10/h2-8,16-17H,1H3,(H,22,26)(H,24,27)(H,25,28). The number of halogens is 2. The van der Waals surface area contributed by atoms with Gasteiger partial charge >= 0.3 is 6.03 Å². The zero-order valence-electron chi connectivity index (χ0n) is 14.7. The van der Waals surface area contributed by atoms with Crippen molar-refractivity contribution in [1.29, 1.82) is 0 Å². The average Bonchev–Trinajstić information content (AvgIpc) is 3.11. The van der Waals surface area contributed by atoms with Crippen molar-refractivity contribution in [3.63, 3.8) is 0 Å². The Morgan fingerprint density at radius 2 is 2.07 bits per heavy atom. The maximum Gasteiger partial charge on any atom is 0.341 e. The van der Waals surface area contributed by atoms with Crippen LogP contribution in [0, 0.1) is 11.7 Å². The van der Waals surface area contributed by atoms with Crippen molar-refractivity contribution in [3.8, 4) is 0 Å². The van der Waals surface area contributed by atoms with Gasteiger partial charge in [0, 0.05) is 16.8 Å². The summed E-state index contributed by atoms with van der Waals surface area (Å²) in [6.45, 7) is 1.61. The molecule has 7 nitrogen and oxygen atoms in total. The topological polar surface area (TPSA) is 99.2 Å². The van der Waals surface area contributed by atoms with Gasteiger partial charge in [-0.3, -0.25) is 9.89 Å². The Kier molecular flexibility index (Phi) is 4.56. The number of aromatic nitrogens is 2. The normalized spacial score (nSPS) is 19.2. The van der Waals surface area contributed by atoms with Gasteiger partial charge in [-0.25, -0.2) is 14.2 Å². The lowest BCUT2D eigenvalue weighted by atomic mass is 9.87. The second-order valence-corrected chi connectivity index (χ2v) is 6.90. The highest BCUT2D eigenvalue weighted by atomic mass is 35.5. The first kappa shape index (κ1) is 18.1. The van der Waals surface area contributed by atoms with Gasteiger partial charge in [0.15, 0.2) is 0 Å². The Balaban J connectivity index is 1.66. The van der Waals surface area contributed by atoms with E-state index in [1.54, 1.807) is 31.3 Å². The summed E-state index contributed by atoms with van der Waals surface area (Å²) < 4.78 is 13.5. The van der Waals surface area contributed by atoms with Gasteiger partial charge in [0.25, 0.3) is 0 Å². The molecule has 4 rings (SSSR count). The highest BCUT2D eigenvalue weighted by Gasteiger charge is 2.37. The fourth-order valence-corrected chi connectivity index (χ4v) is 3.47. The molecule has 2 atom stereocenters. The monoisotopic (exact) mass is 399 g/mol. The van der Waals surface area contributed by atoms with Gasteiger partial charge in [0.05, 0.1) is 22.8 Å². The molecule has 0 saturated carbocycles. The number of amides is 3. The van der Waals surface area contributed by atoms with E-state index in [0.717, 1.165) is 10.9 Å². The first-order valence-corrected chi connectivity index (χ1v) is 8.85. The number of fused-ring (bicyclic) bond motifs is 1. The molecule has 3 N–H and O–H groups in total. The molecule has 3 aromatic rings. The van der Waals surface area contributed by atoms with E-state index in [4.69, 9.17) is 11.6 Å². The predicted molar refractivity (Wildman–Crippen MR) is 104 cm³/mol. The highest BCUT2D eigenvalue weighted by molar-refractivity contribution is 6.30. The third kappa shape index (κ3) is 3.34. The first-order chi connectivity index (χ1) is 13.4. The number of benzene rings is 2. The number of hydrogen-bond donors (Lipinski definition) is 3. The van der Waals surface area contributed by atoms with Crippen LogP contribution in [0.3, 0.4) is 0 Å². The number of H-pyrrole nitrogens is 1. The molecule has 0 radical (unpaired) electrons. The minimum atomic E-state index is -0.778. The zero-order chi connectivity index (χ0) is 19.8. The molecular weight excluding hydrogens is 385 g/mol. The fourth-order valence-electron chi connectivity index (χ4n) is 3.28. The van der Waals surface area contributed by atoms with E-state index >= 15 is 0 Å². The van der Waals surface area contributed by atoms with Gasteiger partial charge in [-0.05, 0) is 42.8 Å². The number of hydrogen-bond acceptors (Lipinski definition) is 3. The van der Waals surface area contributed by atoms with Gasteiger partial charge in [-0.15, -0.1) is 0 Å². The van der Waals surface area contributed by atoms with Gasteiger partial charge in [0.1, 0.15) is 11.7 Å². The Labute approximate surface area is 164 Å². The molecule has 0 bridgehead atoms. The van der Waals surface area contributed by atoms with Crippen molar-refractivity contribution in [2.45, 2.75) is 13.0 Å². The molecular formula is C19H15ClFN5O2. The minimum Gasteiger partial charge on any atom is -0.328 e. The third-order valence-corrected chi connectivity index (χ3v) is 4.92. The van der Waals surface area contributed by atoms with E-state index in [9.17, 15) is 14.0 Å². The predicted octanol–water partition coefficient (Wildman–Crippen LogP) is 3.84. The van der Waals surface area contributed by atoms with Crippen LogP contribution in [0.25, 0.3) is 10.9 Å². The van der Waals surface area contributed by atoms with Crippen LogP contribution < -0.4 is 10.6 Å². The number of urea groups is 1. The van der Waals surface area contributed by atoms with Crippen LogP contribution in [0.1, 0.15) is 18.5 Å². The van der Waals surface area contributed by atoms with Crippen molar-refractivity contribution < 1.29 is 14.0 Å². The summed E-state index contributed by atoms with van der Waals surface area (Å²) in [4.78, 5) is 28.8. The number of nitrogens with zero attached hydrogens (tertiary/aromatic N) is 2. The summed E-state index contributed by atoms with van der Waals surface area (Å²) in [6.07, 6.45) is 1.65. The second-order valence-electron chi connectivity index (χ2n) is 6.49. The summed E-state index contributed by atoms with van der Waals surface area (Å²) in [7, 11) is 0. The molecule has 1 aliphatic heterocycles. The van der Waals surface area contributed by atoms with E-state index in [-0.39, 0.29) is 10.9 Å². The number of carbonyl (C=O) groups excluding carboxylic acids is 2. The quantitative estimate of drug-likeness (QED) is 0.624. The van der Waals surface area contributed by atoms with Crippen molar-refractivity contribution in [2.24, 2.45) is 10.9 Å². The van der Waals surface area contributed by atoms with Crippen molar-refractivity contribution >= 4 is 45.8 Å². The lowest BCUT2D eigenvalue weighted by Gasteiger charge is -2.30. The summed E-state index contributed by atoms with van der Waals surface area (Å²) >= 11 is 5.88. The van der Waals surface area contributed by atoms with E-state index < -0.39 is 23.8 Å². The minimum absolute atomic E-state index is 0.0866. The molecule has 28 heavy (non-hydrogen) atoms. The Bertz CT molecular complexity index is 1130. The highest BCUT2D eigenvalue weighted by Crippen LogP contribution is 2.30. The largest absolute Gasteiger partial charge is 0.341 e. The maximum absolute atomic E-state index is 13.5. The van der Waals surface area contributed by atoms with Crippen LogP contribution in [-0.2, 0) is 4.79 Å². The summed E-state index contributed by atoms with van der Waals surface area (Å²) in [5.74, 6) is -1.71. The molecule has 0 aliphatic carbocycles. The van der Waals surface area contributed by atoms with E-state index in [1.165, 1.54) is 18.2 Å². The van der Waals surface area contributed by atoms with Crippen molar-refractivity contribution in [2.75, 3.05) is 5.32 Å². The van der Waals surface area contributed by atoms with Crippen molar-refractivity contribution in [1.82, 2.24) is 15.5 Å². The number of anilines is 1. The zero-order valence-corrected chi connectivity index (χ0v) is 15.4. The number of rotatable bonds is 3. The van der Waals surface area contributed by atoms with Crippen LogP contribution >= 0.6 is 11.6 Å². The van der Waals surface area contributed by atoms with Crippen LogP contribution in [0.4, 0.5) is 14.9 Å². The van der Waals surface area contributed by atoms with Crippen LogP contribution in [0.5, 0.6) is 0 Å². The molecule has 0 fully saturated rings. The molecule has 3 amide bonds. The molecule has 142 valence electrons. The summed E-state index contributed by atoms with van der Waals surface area (Å²) in [5, 5.41) is 13.1. The second kappa shape index (κ2) is 7.05. The van der Waals surface area contributed by atoms with Gasteiger partial charge in [-0.1, -0.05) is 17.7 Å². The Morgan fingerprint density at radius 3 is 2.86 bits per heavy atom. The maximum atomic E-state index is 13.5. The number of aromatic amines is 1. The SMILES string of the molecule is CC1=NC(=O)NC(c2ccc(F)c(Cl)c2)C1C(=O)Nc1ccc2[nH]ncc2c1. The lowest BCUT2D eigenvalue weighted by Crippen LogP contribution is -2.45. The molecule has 0 spiro atoms. The lowest BCUT2D eigenvalue weighted by molar-refractivity contribution is -0.118. The van der Waals surface area contributed by atoms with E-state index in [2.05, 4.69) is 25.8 Å². The number of carbonyl (C=O) groups is 2. The first-order valence-electron chi connectivity index (χ1n) is 8.47. The number of nitrogens with one attached hydrogen (secondary N) is 3. The molecule has 2 heterocycles. The van der Waals surface area contributed by atoms with E-state index in [1.807, 2.05) is 0 Å². The molecule has 1 aliphatic rings. The van der Waals surface area contributed by atoms with Crippen LogP contribution in [-0.4, -0.2) is 27.8 Å². The third-order valence-electron chi connectivity index (χ3n) is 4.63. The molecule has 1 aromatic heterocycles. The Morgan fingerprint density at radius 1 is 1.25 bits per heavy atom. The molecule has 2 aromatic carbocycles. The van der Waals surface area contributed by atoms with E-state index in [0.29, 0.717) is 17.0 Å². The van der Waals surface area contributed by atoms with Gasteiger partial charge in [0.2, 0.25) is 5.91 Å². The molecule has 9 heteroatoms. The van der Waals surface area contributed by atoms with Crippen molar-refractivity contribution in [3.05, 3.63) is 59.0 Å². The Hall–Kier alpha value is -3.26. The van der Waals surface area contributed by atoms with Crippen LogP contribution in [0.15, 0.2) is 47.6 Å². The summed E-state index contributed by atoms with van der Waals surface area (Å²) in [5.41, 5.74) is 2.30. The summed E-state index contributed by atoms with van der Waals surface area (Å²) in [6, 6.07) is 8.14. The fraction of sp³-hybridized carbons (Fsp3) is 0.158. The van der Waals surface area contributed by atoms with Crippen LogP contribution in [0.2, 0.25) is 5.02 Å². The van der Waals surface area contributed by atoms with Gasteiger partial charge < -0.3 is 10.6 Å². The smallest absolute Gasteiger partial charge is 0.328 e.